The highest BCUT2D eigenvalue weighted by molar-refractivity contribution is 6.12. The second-order valence-electron chi connectivity index (χ2n) is 13.1. The highest BCUT2D eigenvalue weighted by atomic mass is 16.7. The van der Waals surface area contributed by atoms with Crippen LogP contribution in [0.3, 0.4) is 0 Å². The van der Waals surface area contributed by atoms with Crippen molar-refractivity contribution in [3.8, 4) is 11.5 Å². The van der Waals surface area contributed by atoms with E-state index in [1.165, 1.54) is 0 Å². The van der Waals surface area contributed by atoms with Gasteiger partial charge in [0, 0.05) is 16.7 Å². The summed E-state index contributed by atoms with van der Waals surface area (Å²) >= 11 is 0. The summed E-state index contributed by atoms with van der Waals surface area (Å²) in [7, 11) is 0. The van der Waals surface area contributed by atoms with Gasteiger partial charge >= 0.3 is 5.97 Å². The lowest BCUT2D eigenvalue weighted by Gasteiger charge is -2.26. The summed E-state index contributed by atoms with van der Waals surface area (Å²) in [5.74, 6) is 0.0345. The van der Waals surface area contributed by atoms with Gasteiger partial charge in [-0.15, -0.1) is 0 Å². The fourth-order valence-electron chi connectivity index (χ4n) is 6.55. The van der Waals surface area contributed by atoms with E-state index in [-0.39, 0.29) is 24.3 Å². The number of nitrogens with one attached hydrogen (secondary N) is 1. The van der Waals surface area contributed by atoms with E-state index in [1.807, 2.05) is 72.8 Å². The van der Waals surface area contributed by atoms with Crippen molar-refractivity contribution in [1.29, 1.82) is 0 Å². The molecule has 9 heteroatoms. The van der Waals surface area contributed by atoms with Crippen molar-refractivity contribution >= 4 is 17.7 Å². The van der Waals surface area contributed by atoms with Gasteiger partial charge in [0.25, 0.3) is 5.91 Å². The van der Waals surface area contributed by atoms with E-state index in [9.17, 15) is 14.4 Å². The number of benzene rings is 5. The van der Waals surface area contributed by atoms with E-state index in [4.69, 9.17) is 23.7 Å². The van der Waals surface area contributed by atoms with Crippen molar-refractivity contribution in [3.05, 3.63) is 166 Å². The smallest absolute Gasteiger partial charge is 0.338 e. The van der Waals surface area contributed by atoms with Gasteiger partial charge < -0.3 is 29.0 Å². The molecule has 2 fully saturated rings. The first-order valence-electron chi connectivity index (χ1n) is 18.0. The molecule has 0 unspecified atom stereocenters. The zero-order valence-electron chi connectivity index (χ0n) is 29.3. The van der Waals surface area contributed by atoms with Crippen LogP contribution in [0, 0.1) is 0 Å². The Bertz CT molecular complexity index is 1990. The van der Waals surface area contributed by atoms with Gasteiger partial charge in [0.2, 0.25) is 0 Å². The summed E-state index contributed by atoms with van der Waals surface area (Å²) in [6.45, 7) is 1.76. The highest BCUT2D eigenvalue weighted by Crippen LogP contribution is 2.34. The minimum Gasteiger partial charge on any atom is -0.489 e. The maximum Gasteiger partial charge on any atom is 0.338 e. The third-order valence-electron chi connectivity index (χ3n) is 9.38. The van der Waals surface area contributed by atoms with E-state index >= 15 is 0 Å². The van der Waals surface area contributed by atoms with E-state index in [2.05, 4.69) is 5.32 Å². The molecule has 2 atom stereocenters. The first kappa shape index (κ1) is 35.6. The van der Waals surface area contributed by atoms with Gasteiger partial charge in [-0.2, -0.15) is 0 Å². The fraction of sp³-hybridized carbons (Fsp3) is 0.250. The molecule has 270 valence electrons. The topological polar surface area (TPSA) is 109 Å². The van der Waals surface area contributed by atoms with Gasteiger partial charge in [0.05, 0.1) is 30.4 Å². The molecule has 1 N–H and O–H groups in total. The average molecular weight is 712 g/mol. The maximum atomic E-state index is 14.1. The molecule has 1 saturated heterocycles. The Morgan fingerprint density at radius 2 is 1.25 bits per heavy atom. The van der Waals surface area contributed by atoms with E-state index in [1.54, 1.807) is 54.6 Å². The van der Waals surface area contributed by atoms with Crippen molar-refractivity contribution in [3.63, 3.8) is 0 Å². The average Bonchev–Trinajstić information content (AvgIpc) is 3.65. The fourth-order valence-corrected chi connectivity index (χ4v) is 6.55. The summed E-state index contributed by atoms with van der Waals surface area (Å²) in [4.78, 5) is 40.5. The molecular formula is C44H41NO8. The number of esters is 1. The van der Waals surface area contributed by atoms with Crippen LogP contribution < -0.4 is 14.8 Å². The number of ether oxygens (including phenoxy) is 5. The first-order chi connectivity index (χ1) is 26.0. The third-order valence-corrected chi connectivity index (χ3v) is 9.38. The molecule has 53 heavy (non-hydrogen) atoms. The van der Waals surface area contributed by atoms with Gasteiger partial charge in [-0.1, -0.05) is 84.9 Å². The largest absolute Gasteiger partial charge is 0.489 e. The van der Waals surface area contributed by atoms with Gasteiger partial charge in [-0.3, -0.25) is 9.59 Å². The van der Waals surface area contributed by atoms with Crippen LogP contribution in [0.5, 0.6) is 11.5 Å². The first-order valence-corrected chi connectivity index (χ1v) is 18.0. The molecule has 1 aliphatic carbocycles. The quantitative estimate of drug-likeness (QED) is 0.0967. The molecule has 0 aromatic heterocycles. The molecule has 5 aromatic rings. The van der Waals surface area contributed by atoms with Crippen LogP contribution in [0.25, 0.3) is 0 Å². The summed E-state index contributed by atoms with van der Waals surface area (Å²) in [5, 5.41) is 3.05. The van der Waals surface area contributed by atoms with Crippen molar-refractivity contribution in [2.75, 3.05) is 13.2 Å². The standard InChI is InChI=1S/C44H41NO8/c46-41(40-36(44-49-26-9-27-50-44)14-7-17-39(40)52-29-31-12-5-2-6-13-31)32-18-20-34(21-19-32)43(48)53-38-16-8-15-37(38)45-42(47)33-22-24-35(25-23-33)51-28-30-10-3-1-4-11-30/h1-7,10-14,17-25,37-38,44H,8-9,15-16,26-29H2,(H,45,47)/t37-,38-/m1/s1. The number of hydrogen-bond acceptors (Lipinski definition) is 8. The Morgan fingerprint density at radius 3 is 1.92 bits per heavy atom. The number of rotatable bonds is 13. The lowest BCUT2D eigenvalue weighted by Crippen LogP contribution is -2.41. The molecule has 0 radical (unpaired) electrons. The number of carbonyl (C=O) groups excluding carboxylic acids is 3. The number of hydrogen-bond donors (Lipinski definition) is 1. The summed E-state index contributed by atoms with van der Waals surface area (Å²) in [5.41, 5.74) is 4.13. The molecule has 1 amide bonds. The highest BCUT2D eigenvalue weighted by Gasteiger charge is 2.33. The van der Waals surface area contributed by atoms with Crippen LogP contribution in [0.1, 0.15) is 85.3 Å². The summed E-state index contributed by atoms with van der Waals surface area (Å²) in [6.07, 6.45) is 1.73. The van der Waals surface area contributed by atoms with Gasteiger partial charge in [-0.25, -0.2) is 4.79 Å². The maximum absolute atomic E-state index is 14.1. The Kier molecular flexibility index (Phi) is 11.5. The van der Waals surface area contributed by atoms with Crippen LogP contribution in [0.2, 0.25) is 0 Å². The Morgan fingerprint density at radius 1 is 0.623 bits per heavy atom. The van der Waals surface area contributed by atoms with Crippen LogP contribution in [-0.4, -0.2) is 43.0 Å². The van der Waals surface area contributed by atoms with Crippen LogP contribution in [-0.2, 0) is 27.4 Å². The Balaban J connectivity index is 0.988. The Labute approximate surface area is 308 Å². The molecular weight excluding hydrogens is 670 g/mol. The zero-order valence-corrected chi connectivity index (χ0v) is 29.3. The number of carbonyl (C=O) groups is 3. The molecule has 9 nitrogen and oxygen atoms in total. The minimum absolute atomic E-state index is 0.244. The predicted octanol–water partition coefficient (Wildman–Crippen LogP) is 8.02. The molecule has 5 aromatic carbocycles. The van der Waals surface area contributed by atoms with Gasteiger partial charge in [-0.05, 0) is 79.3 Å². The zero-order chi connectivity index (χ0) is 36.4. The molecule has 0 bridgehead atoms. The molecule has 1 heterocycles. The van der Waals surface area contributed by atoms with E-state index in [0.717, 1.165) is 24.0 Å². The van der Waals surface area contributed by atoms with Gasteiger partial charge in [0.15, 0.2) is 12.1 Å². The molecule has 2 aliphatic rings. The van der Waals surface area contributed by atoms with E-state index < -0.39 is 18.4 Å². The predicted molar refractivity (Wildman–Crippen MR) is 198 cm³/mol. The SMILES string of the molecule is O=C(N[C@@H]1CCC[C@H]1OC(=O)c1ccc(C(=O)c2c(OCc3ccccc3)cccc2C2OCCCO2)cc1)c1ccc(OCc2ccccc2)cc1. The number of amides is 1. The molecule has 1 saturated carbocycles. The van der Waals surface area contributed by atoms with Crippen molar-refractivity contribution in [1.82, 2.24) is 5.32 Å². The second-order valence-corrected chi connectivity index (χ2v) is 13.1. The van der Waals surface area contributed by atoms with Gasteiger partial charge in [0.1, 0.15) is 30.8 Å². The minimum atomic E-state index is -0.699. The Hall–Kier alpha value is -5.77. The van der Waals surface area contributed by atoms with E-state index in [0.29, 0.717) is 72.0 Å². The molecule has 0 spiro atoms. The van der Waals surface area contributed by atoms with Crippen molar-refractivity contribution in [2.24, 2.45) is 0 Å². The monoisotopic (exact) mass is 711 g/mol. The molecule has 7 rings (SSSR count). The van der Waals surface area contributed by atoms with Crippen LogP contribution >= 0.6 is 0 Å². The van der Waals surface area contributed by atoms with Crippen molar-refractivity contribution < 1.29 is 38.1 Å². The number of ketones is 1. The summed E-state index contributed by atoms with van der Waals surface area (Å²) < 4.78 is 29.7. The summed E-state index contributed by atoms with van der Waals surface area (Å²) in [6, 6.07) is 38.1. The normalized spacial score (nSPS) is 17.1. The molecule has 1 aliphatic heterocycles. The second kappa shape index (κ2) is 17.2. The van der Waals surface area contributed by atoms with Crippen molar-refractivity contribution in [2.45, 2.75) is 57.3 Å². The lowest BCUT2D eigenvalue weighted by molar-refractivity contribution is -0.183. The third kappa shape index (κ3) is 9.00. The lowest BCUT2D eigenvalue weighted by atomic mass is 9.96. The van der Waals surface area contributed by atoms with Crippen LogP contribution in [0.15, 0.2) is 127 Å². The van der Waals surface area contributed by atoms with Crippen LogP contribution in [0.4, 0.5) is 0 Å².